The molecule has 2 amide bonds. The topological polar surface area (TPSA) is 114 Å². The highest BCUT2D eigenvalue weighted by Gasteiger charge is 2.51. The molecular formula is C27H31F4N3O6S. The molecule has 41 heavy (non-hydrogen) atoms. The van der Waals surface area contributed by atoms with Crippen molar-refractivity contribution in [2.45, 2.75) is 69.2 Å². The first-order chi connectivity index (χ1) is 19.0. The van der Waals surface area contributed by atoms with E-state index in [4.69, 9.17) is 4.74 Å². The summed E-state index contributed by atoms with van der Waals surface area (Å²) in [5.74, 6) is -0.709. The molecule has 224 valence electrons. The lowest BCUT2D eigenvalue weighted by Gasteiger charge is -2.36. The lowest BCUT2D eigenvalue weighted by Crippen LogP contribution is -2.50. The number of nitrogens with one attached hydrogen (secondary N) is 2. The zero-order valence-electron chi connectivity index (χ0n) is 22.7. The maximum absolute atomic E-state index is 13.7. The molecule has 1 fully saturated rings. The molecule has 2 aromatic carbocycles. The van der Waals surface area contributed by atoms with Crippen molar-refractivity contribution in [3.05, 3.63) is 48.3 Å². The van der Waals surface area contributed by atoms with Gasteiger partial charge in [-0.1, -0.05) is 19.8 Å². The molecule has 4 rings (SSSR count). The predicted octanol–water partition coefficient (Wildman–Crippen LogP) is 5.37. The number of benzene rings is 2. The number of carbonyl (C=O) groups is 2. The van der Waals surface area contributed by atoms with E-state index in [-0.39, 0.29) is 41.0 Å². The molecule has 0 bridgehead atoms. The fourth-order valence-electron chi connectivity index (χ4n) is 4.69. The van der Waals surface area contributed by atoms with E-state index in [9.17, 15) is 35.6 Å². The molecule has 0 radical (unpaired) electrons. The van der Waals surface area contributed by atoms with Crippen LogP contribution in [0.1, 0.15) is 46.5 Å². The second-order valence-electron chi connectivity index (χ2n) is 10.9. The summed E-state index contributed by atoms with van der Waals surface area (Å²) in [4.78, 5) is 24.9. The van der Waals surface area contributed by atoms with Gasteiger partial charge in [-0.2, -0.15) is 13.2 Å². The van der Waals surface area contributed by atoms with E-state index in [1.807, 2.05) is 6.92 Å². The zero-order chi connectivity index (χ0) is 30.2. The number of ether oxygens (including phenoxy) is 2. The van der Waals surface area contributed by atoms with Crippen molar-refractivity contribution in [2.75, 3.05) is 22.7 Å². The Morgan fingerprint density at radius 2 is 1.73 bits per heavy atom. The van der Waals surface area contributed by atoms with E-state index in [0.717, 1.165) is 54.3 Å². The number of halogens is 4. The molecule has 0 aromatic heterocycles. The van der Waals surface area contributed by atoms with Crippen molar-refractivity contribution in [3.63, 3.8) is 0 Å². The second kappa shape index (κ2) is 11.0. The van der Waals surface area contributed by atoms with Crippen molar-refractivity contribution in [1.82, 2.24) is 5.32 Å². The molecule has 1 atom stereocenters. The van der Waals surface area contributed by atoms with Crippen LogP contribution in [-0.4, -0.2) is 51.4 Å². The van der Waals surface area contributed by atoms with Crippen molar-refractivity contribution < 1.29 is 45.0 Å². The Kier molecular flexibility index (Phi) is 8.18. The fourth-order valence-corrected chi connectivity index (χ4v) is 6.19. The first-order valence-corrected chi connectivity index (χ1v) is 14.4. The third-order valence-electron chi connectivity index (χ3n) is 7.31. The average Bonchev–Trinajstić information content (AvgIpc) is 3.33. The van der Waals surface area contributed by atoms with E-state index in [2.05, 4.69) is 15.4 Å². The molecule has 14 heteroatoms. The second-order valence-corrected chi connectivity index (χ2v) is 12.8. The molecule has 2 aromatic rings. The average molecular weight is 602 g/mol. The van der Waals surface area contributed by atoms with Crippen molar-refractivity contribution in [1.29, 1.82) is 0 Å². The van der Waals surface area contributed by atoms with Gasteiger partial charge in [0.15, 0.2) is 0 Å². The number of hydrogen-bond acceptors (Lipinski definition) is 6. The van der Waals surface area contributed by atoms with Gasteiger partial charge in [-0.05, 0) is 69.2 Å². The molecule has 1 aliphatic carbocycles. The van der Waals surface area contributed by atoms with Crippen LogP contribution in [-0.2, 0) is 19.6 Å². The molecule has 2 aliphatic rings. The Bertz CT molecular complexity index is 1410. The maximum Gasteiger partial charge on any atom is 0.427 e. The zero-order valence-corrected chi connectivity index (χ0v) is 23.5. The monoisotopic (exact) mass is 601 g/mol. The highest BCUT2D eigenvalue weighted by atomic mass is 32.2. The number of alkyl halides is 3. The number of nitrogens with zero attached hydrogens (tertiary/aromatic N) is 1. The molecule has 0 spiro atoms. The number of hydrogen-bond donors (Lipinski definition) is 2. The van der Waals surface area contributed by atoms with E-state index in [1.165, 1.54) is 18.2 Å². The van der Waals surface area contributed by atoms with Crippen molar-refractivity contribution >= 4 is 33.4 Å². The summed E-state index contributed by atoms with van der Waals surface area (Å²) in [7, 11) is -4.30. The van der Waals surface area contributed by atoms with Crippen LogP contribution >= 0.6 is 0 Å². The third-order valence-corrected chi connectivity index (χ3v) is 9.11. The largest absolute Gasteiger partial charge is 0.484 e. The van der Waals surface area contributed by atoms with Crippen molar-refractivity contribution in [3.8, 4) is 5.75 Å². The lowest BCUT2D eigenvalue weighted by atomic mass is 9.88. The minimum Gasteiger partial charge on any atom is -0.484 e. The van der Waals surface area contributed by atoms with Crippen LogP contribution in [0, 0.1) is 11.2 Å². The summed E-state index contributed by atoms with van der Waals surface area (Å²) in [6, 6.07) is 8.04. The summed E-state index contributed by atoms with van der Waals surface area (Å²) in [6.07, 6.45) is -3.65. The number of rotatable bonds is 7. The van der Waals surface area contributed by atoms with Gasteiger partial charge in [-0.15, -0.1) is 0 Å². The van der Waals surface area contributed by atoms with Crippen LogP contribution in [0.2, 0.25) is 0 Å². The van der Waals surface area contributed by atoms with Crippen molar-refractivity contribution in [2.24, 2.45) is 5.41 Å². The van der Waals surface area contributed by atoms with E-state index in [1.54, 1.807) is 0 Å². The van der Waals surface area contributed by atoms with Gasteiger partial charge in [0, 0.05) is 11.1 Å². The molecular weight excluding hydrogens is 570 g/mol. The highest BCUT2D eigenvalue weighted by molar-refractivity contribution is 7.92. The van der Waals surface area contributed by atoms with Gasteiger partial charge in [0.25, 0.3) is 10.0 Å². The Morgan fingerprint density at radius 1 is 1.10 bits per heavy atom. The summed E-state index contributed by atoms with van der Waals surface area (Å²) < 4.78 is 91.8. The Morgan fingerprint density at radius 3 is 2.34 bits per heavy atom. The lowest BCUT2D eigenvalue weighted by molar-refractivity contribution is -0.242. The summed E-state index contributed by atoms with van der Waals surface area (Å²) in [5.41, 5.74) is -3.37. The van der Waals surface area contributed by atoms with Gasteiger partial charge in [-0.3, -0.25) is 14.4 Å². The number of anilines is 2. The minimum absolute atomic E-state index is 0.00214. The van der Waals surface area contributed by atoms with Crippen LogP contribution in [0.5, 0.6) is 5.75 Å². The molecule has 1 heterocycles. The standard InChI is InChI=1S/C27H31F4N3O6S/c1-25(2,27(29,30)31)40-24(36)33-18-8-11-22-21(14-18)34(41(37,38)20-9-6-17(28)7-10-20)16-19(39-22)15-32-23(35)26(3)12-4-5-13-26/h6-11,14,19H,4-5,12-13,15-16H2,1-3H3,(H,32,35)(H,33,36)/t19-/m0/s1. The SMILES string of the molecule is CC1(C(=O)NC[C@H]2CN(S(=O)(=O)c3ccc(F)cc3)c3cc(NC(=O)OC(C)(C)C(F)(F)F)ccc3O2)CCCC1. The quantitative estimate of drug-likeness (QED) is 0.413. The number of fused-ring (bicyclic) bond motifs is 1. The number of amides is 2. The van der Waals surface area contributed by atoms with Crippen LogP contribution < -0.4 is 19.7 Å². The fraction of sp³-hybridized carbons (Fsp3) is 0.481. The summed E-state index contributed by atoms with van der Waals surface area (Å²) >= 11 is 0. The summed E-state index contributed by atoms with van der Waals surface area (Å²) in [6.45, 7) is 3.01. The normalized spacial score (nSPS) is 18.7. The van der Waals surface area contributed by atoms with Gasteiger partial charge in [-0.25, -0.2) is 17.6 Å². The third kappa shape index (κ3) is 6.52. The van der Waals surface area contributed by atoms with Gasteiger partial charge >= 0.3 is 12.3 Å². The van der Waals surface area contributed by atoms with Crippen LogP contribution in [0.15, 0.2) is 47.4 Å². The molecule has 0 saturated heterocycles. The van der Waals surface area contributed by atoms with E-state index < -0.39 is 45.2 Å². The Hall–Kier alpha value is -3.55. The van der Waals surface area contributed by atoms with Gasteiger partial charge in [0.1, 0.15) is 17.7 Å². The smallest absolute Gasteiger partial charge is 0.427 e. The molecule has 0 unspecified atom stereocenters. The number of sulfonamides is 1. The minimum atomic E-state index is -4.83. The van der Waals surface area contributed by atoms with E-state index in [0.29, 0.717) is 13.8 Å². The number of carbonyl (C=O) groups excluding carboxylic acids is 2. The molecule has 2 N–H and O–H groups in total. The molecule has 1 saturated carbocycles. The van der Waals surface area contributed by atoms with Crippen LogP contribution in [0.4, 0.5) is 33.7 Å². The van der Waals surface area contributed by atoms with Gasteiger partial charge in [0.05, 0.1) is 23.7 Å². The van der Waals surface area contributed by atoms with Gasteiger partial charge in [0.2, 0.25) is 11.5 Å². The Balaban J connectivity index is 1.61. The van der Waals surface area contributed by atoms with Crippen LogP contribution in [0.3, 0.4) is 0 Å². The van der Waals surface area contributed by atoms with Gasteiger partial charge < -0.3 is 14.8 Å². The molecule has 1 aliphatic heterocycles. The first-order valence-electron chi connectivity index (χ1n) is 13.0. The first kappa shape index (κ1) is 30.4. The maximum atomic E-state index is 13.7. The summed E-state index contributed by atoms with van der Waals surface area (Å²) in [5, 5.41) is 5.04. The van der Waals surface area contributed by atoms with Crippen LogP contribution in [0.25, 0.3) is 0 Å². The predicted molar refractivity (Wildman–Crippen MR) is 142 cm³/mol. The Labute approximate surface area is 235 Å². The molecule has 9 nitrogen and oxygen atoms in total. The van der Waals surface area contributed by atoms with E-state index >= 15 is 0 Å². The highest BCUT2D eigenvalue weighted by Crippen LogP contribution is 2.40.